The molecule has 0 aromatic heterocycles. The number of benzene rings is 2. The van der Waals surface area contributed by atoms with Gasteiger partial charge < -0.3 is 14.6 Å². The van der Waals surface area contributed by atoms with Crippen molar-refractivity contribution in [3.63, 3.8) is 0 Å². The molecule has 1 aliphatic carbocycles. The van der Waals surface area contributed by atoms with Gasteiger partial charge in [-0.1, -0.05) is 72.8 Å². The summed E-state index contributed by atoms with van der Waals surface area (Å²) < 4.78 is 11.2. The molecule has 30 heavy (non-hydrogen) atoms. The van der Waals surface area contributed by atoms with Gasteiger partial charge in [-0.2, -0.15) is 0 Å². The molecule has 154 valence electrons. The van der Waals surface area contributed by atoms with Crippen molar-refractivity contribution in [2.45, 2.75) is 31.2 Å². The van der Waals surface area contributed by atoms with E-state index in [1.807, 2.05) is 48.6 Å². The van der Waals surface area contributed by atoms with E-state index in [-0.39, 0.29) is 23.9 Å². The lowest BCUT2D eigenvalue weighted by Crippen LogP contribution is -2.25. The summed E-state index contributed by atoms with van der Waals surface area (Å²) in [7, 11) is 0. The predicted octanol–water partition coefficient (Wildman–Crippen LogP) is 3.79. The van der Waals surface area contributed by atoms with Crippen LogP contribution in [0.5, 0.6) is 0 Å². The average molecular weight is 404 g/mol. The first-order valence-electron chi connectivity index (χ1n) is 10.2. The Hall–Kier alpha value is -3.18. The molecule has 0 bridgehead atoms. The van der Waals surface area contributed by atoms with Crippen molar-refractivity contribution in [2.75, 3.05) is 0 Å². The van der Waals surface area contributed by atoms with Gasteiger partial charge in [0.05, 0.1) is 18.1 Å². The highest BCUT2D eigenvalue weighted by Crippen LogP contribution is 2.43. The SMILES string of the molecule is O=C1C[C@@H]2[C@@H](/C=C/[C@H](O)/C=C/c3ccccc3)[C@H](OC(=O)c3ccccc3)C[C@@H]2O1. The molecule has 2 aliphatic rings. The topological polar surface area (TPSA) is 72.8 Å². The Morgan fingerprint density at radius 3 is 2.50 bits per heavy atom. The zero-order chi connectivity index (χ0) is 20.9. The van der Waals surface area contributed by atoms with Gasteiger partial charge in [-0.25, -0.2) is 4.79 Å². The fourth-order valence-electron chi connectivity index (χ4n) is 4.15. The van der Waals surface area contributed by atoms with Crippen molar-refractivity contribution in [3.8, 4) is 0 Å². The zero-order valence-electron chi connectivity index (χ0n) is 16.5. The van der Waals surface area contributed by atoms with Crippen LogP contribution in [0, 0.1) is 11.8 Å². The number of fused-ring (bicyclic) bond motifs is 1. The van der Waals surface area contributed by atoms with Gasteiger partial charge in [-0.15, -0.1) is 0 Å². The van der Waals surface area contributed by atoms with E-state index in [9.17, 15) is 14.7 Å². The van der Waals surface area contributed by atoms with Gasteiger partial charge in [0.25, 0.3) is 0 Å². The number of esters is 2. The number of carbonyl (C=O) groups excluding carboxylic acids is 2. The minimum Gasteiger partial charge on any atom is -0.462 e. The molecular formula is C25H24O5. The van der Waals surface area contributed by atoms with Gasteiger partial charge in [-0.3, -0.25) is 4.79 Å². The van der Waals surface area contributed by atoms with Crippen molar-refractivity contribution in [1.82, 2.24) is 0 Å². The Kier molecular flexibility index (Phi) is 6.10. The van der Waals surface area contributed by atoms with Crippen LogP contribution in [0.4, 0.5) is 0 Å². The molecule has 1 saturated carbocycles. The van der Waals surface area contributed by atoms with Crippen LogP contribution in [-0.2, 0) is 14.3 Å². The number of hydrogen-bond acceptors (Lipinski definition) is 5. The number of hydrogen-bond donors (Lipinski definition) is 1. The molecule has 0 spiro atoms. The van der Waals surface area contributed by atoms with Crippen molar-refractivity contribution >= 4 is 18.0 Å². The molecule has 4 rings (SSSR count). The first-order valence-corrected chi connectivity index (χ1v) is 10.2. The van der Waals surface area contributed by atoms with Crippen molar-refractivity contribution in [1.29, 1.82) is 0 Å². The fraction of sp³-hybridized carbons (Fsp3) is 0.280. The predicted molar refractivity (Wildman–Crippen MR) is 112 cm³/mol. The molecule has 5 atom stereocenters. The second-order valence-electron chi connectivity index (χ2n) is 7.66. The van der Waals surface area contributed by atoms with E-state index in [2.05, 4.69) is 0 Å². The van der Waals surface area contributed by atoms with Gasteiger partial charge in [0, 0.05) is 18.3 Å². The Bertz CT molecular complexity index is 935. The van der Waals surface area contributed by atoms with Crippen LogP contribution in [0.2, 0.25) is 0 Å². The Morgan fingerprint density at radius 2 is 1.77 bits per heavy atom. The molecule has 1 N–H and O–H groups in total. The molecule has 5 nitrogen and oxygen atoms in total. The number of ether oxygens (including phenoxy) is 2. The molecule has 1 aliphatic heterocycles. The maximum absolute atomic E-state index is 12.5. The van der Waals surface area contributed by atoms with Gasteiger partial charge in [0.1, 0.15) is 12.2 Å². The van der Waals surface area contributed by atoms with Crippen molar-refractivity contribution in [2.24, 2.45) is 11.8 Å². The summed E-state index contributed by atoms with van der Waals surface area (Å²) in [5.41, 5.74) is 1.48. The highest BCUT2D eigenvalue weighted by atomic mass is 16.6. The molecule has 1 heterocycles. The monoisotopic (exact) mass is 404 g/mol. The van der Waals surface area contributed by atoms with Crippen LogP contribution >= 0.6 is 0 Å². The maximum Gasteiger partial charge on any atom is 0.338 e. The van der Waals surface area contributed by atoms with Crippen LogP contribution in [0.25, 0.3) is 6.08 Å². The summed E-state index contributed by atoms with van der Waals surface area (Å²) in [5, 5.41) is 10.3. The molecule has 0 unspecified atom stereocenters. The van der Waals surface area contributed by atoms with E-state index in [0.29, 0.717) is 18.4 Å². The van der Waals surface area contributed by atoms with Crippen LogP contribution in [0.1, 0.15) is 28.8 Å². The highest BCUT2D eigenvalue weighted by Gasteiger charge is 2.50. The lowest BCUT2D eigenvalue weighted by Gasteiger charge is -2.20. The van der Waals surface area contributed by atoms with E-state index in [1.54, 1.807) is 36.4 Å². The molecular weight excluding hydrogens is 380 g/mol. The van der Waals surface area contributed by atoms with Crippen LogP contribution in [0.3, 0.4) is 0 Å². The highest BCUT2D eigenvalue weighted by molar-refractivity contribution is 5.89. The Labute approximate surface area is 175 Å². The summed E-state index contributed by atoms with van der Waals surface area (Å²) in [6, 6.07) is 18.5. The first-order chi connectivity index (χ1) is 14.6. The lowest BCUT2D eigenvalue weighted by molar-refractivity contribution is -0.141. The third kappa shape index (κ3) is 4.69. The standard InChI is InChI=1S/C25H24O5/c26-19(12-11-17-7-3-1-4-8-17)13-14-20-21-15-24(27)29-23(21)16-22(20)30-25(28)18-9-5-2-6-10-18/h1-14,19-23,26H,15-16H2/b12-11+,14-13+/t19-,20-,21-,22-,23+/m1/s1. The third-order valence-corrected chi connectivity index (χ3v) is 5.63. The number of aliphatic hydroxyl groups is 1. The maximum atomic E-state index is 12.5. The summed E-state index contributed by atoms with van der Waals surface area (Å²) in [5.74, 6) is -0.850. The third-order valence-electron chi connectivity index (χ3n) is 5.63. The van der Waals surface area contributed by atoms with E-state index >= 15 is 0 Å². The van der Waals surface area contributed by atoms with E-state index in [0.717, 1.165) is 5.56 Å². The summed E-state index contributed by atoms with van der Waals surface area (Å²) >= 11 is 0. The van der Waals surface area contributed by atoms with Gasteiger partial charge in [-0.05, 0) is 17.7 Å². The van der Waals surface area contributed by atoms with Crippen LogP contribution in [0.15, 0.2) is 78.9 Å². The Morgan fingerprint density at radius 1 is 1.07 bits per heavy atom. The molecule has 0 amide bonds. The summed E-state index contributed by atoms with van der Waals surface area (Å²) in [6.45, 7) is 0. The van der Waals surface area contributed by atoms with E-state index in [4.69, 9.17) is 9.47 Å². The number of carbonyl (C=O) groups is 2. The summed E-state index contributed by atoms with van der Waals surface area (Å²) in [4.78, 5) is 24.2. The van der Waals surface area contributed by atoms with Gasteiger partial charge >= 0.3 is 11.9 Å². The molecule has 1 saturated heterocycles. The van der Waals surface area contributed by atoms with Crippen LogP contribution < -0.4 is 0 Å². The largest absolute Gasteiger partial charge is 0.462 e. The van der Waals surface area contributed by atoms with Crippen molar-refractivity contribution < 1.29 is 24.2 Å². The average Bonchev–Trinajstić information content (AvgIpc) is 3.27. The molecule has 0 radical (unpaired) electrons. The molecule has 2 aromatic carbocycles. The molecule has 2 aromatic rings. The van der Waals surface area contributed by atoms with E-state index < -0.39 is 18.2 Å². The normalized spacial score (nSPS) is 26.6. The lowest BCUT2D eigenvalue weighted by atomic mass is 9.91. The van der Waals surface area contributed by atoms with E-state index in [1.165, 1.54) is 0 Å². The molecule has 5 heteroatoms. The quantitative estimate of drug-likeness (QED) is 0.586. The second-order valence-corrected chi connectivity index (χ2v) is 7.66. The first kappa shape index (κ1) is 20.1. The van der Waals surface area contributed by atoms with Gasteiger partial charge in [0.15, 0.2) is 0 Å². The smallest absolute Gasteiger partial charge is 0.338 e. The number of rotatable bonds is 6. The van der Waals surface area contributed by atoms with Crippen molar-refractivity contribution in [3.05, 3.63) is 90.0 Å². The van der Waals surface area contributed by atoms with Gasteiger partial charge in [0.2, 0.25) is 0 Å². The minimum absolute atomic E-state index is 0.0485. The number of aliphatic hydroxyl groups excluding tert-OH is 1. The van der Waals surface area contributed by atoms with Crippen LogP contribution in [-0.4, -0.2) is 35.4 Å². The minimum atomic E-state index is -0.784. The zero-order valence-corrected chi connectivity index (χ0v) is 16.5. The fourth-order valence-corrected chi connectivity index (χ4v) is 4.15. The molecule has 2 fully saturated rings. The summed E-state index contributed by atoms with van der Waals surface area (Å²) in [6.07, 6.45) is 6.41. The Balaban J connectivity index is 1.45. The second kappa shape index (κ2) is 9.09.